The van der Waals surface area contributed by atoms with Crippen LogP contribution in [0.15, 0.2) is 54.6 Å². The summed E-state index contributed by atoms with van der Waals surface area (Å²) < 4.78 is 5.83. The fraction of sp³-hybridized carbons (Fsp3) is 0.222. The van der Waals surface area contributed by atoms with Crippen LogP contribution in [0, 0.1) is 0 Å². The van der Waals surface area contributed by atoms with Gasteiger partial charge in [-0.2, -0.15) is 0 Å². The second-order valence-electron chi connectivity index (χ2n) is 5.23. The molecular weight excluding hydrogens is 310 g/mol. The molecule has 1 N–H and O–H groups in total. The molecule has 23 heavy (non-hydrogen) atoms. The third-order valence-electron chi connectivity index (χ3n) is 3.60. The van der Waals surface area contributed by atoms with Gasteiger partial charge in [0.25, 0.3) is 0 Å². The van der Waals surface area contributed by atoms with Crippen molar-refractivity contribution in [2.45, 2.75) is 19.4 Å². The Kier molecular flexibility index (Phi) is 4.93. The van der Waals surface area contributed by atoms with Gasteiger partial charge in [-0.1, -0.05) is 37.3 Å². The number of aromatic nitrogens is 2. The molecule has 3 aromatic rings. The Morgan fingerprint density at radius 2 is 1.78 bits per heavy atom. The van der Waals surface area contributed by atoms with Crippen LogP contribution in [0.5, 0.6) is 5.75 Å². The van der Waals surface area contributed by atoms with Gasteiger partial charge in [-0.05, 0) is 42.3 Å². The number of hydrogen-bond acceptors (Lipinski definition) is 4. The minimum absolute atomic E-state index is 0.129. The quantitative estimate of drug-likeness (QED) is 0.674. The number of fused-ring (bicyclic) bond motifs is 1. The molecule has 0 aliphatic heterocycles. The summed E-state index contributed by atoms with van der Waals surface area (Å²) in [6, 6.07) is 17.7. The van der Waals surface area contributed by atoms with Crippen LogP contribution in [0.1, 0.15) is 13.3 Å². The SMILES string of the molecule is CCC(COc1ccccc1)Nc1nc(Cl)nc2ccccc12. The number of benzene rings is 2. The Morgan fingerprint density at radius 3 is 2.57 bits per heavy atom. The van der Waals surface area contributed by atoms with Crippen LogP contribution in [-0.4, -0.2) is 22.6 Å². The van der Waals surface area contributed by atoms with Crippen molar-refractivity contribution in [2.24, 2.45) is 0 Å². The van der Waals surface area contributed by atoms with Crippen LogP contribution in [0.25, 0.3) is 10.9 Å². The summed E-state index contributed by atoms with van der Waals surface area (Å²) in [7, 11) is 0. The van der Waals surface area contributed by atoms with Crippen LogP contribution in [0.2, 0.25) is 5.28 Å². The molecule has 0 saturated carbocycles. The number of para-hydroxylation sites is 2. The van der Waals surface area contributed by atoms with Gasteiger partial charge in [0.15, 0.2) is 0 Å². The molecule has 5 heteroatoms. The molecule has 0 bridgehead atoms. The van der Waals surface area contributed by atoms with E-state index in [1.54, 1.807) is 0 Å². The first-order valence-corrected chi connectivity index (χ1v) is 8.00. The van der Waals surface area contributed by atoms with E-state index >= 15 is 0 Å². The van der Waals surface area contributed by atoms with Crippen molar-refractivity contribution in [3.05, 3.63) is 59.9 Å². The number of nitrogens with one attached hydrogen (secondary N) is 1. The molecule has 1 aromatic heterocycles. The normalized spacial score (nSPS) is 12.1. The second-order valence-corrected chi connectivity index (χ2v) is 5.57. The zero-order valence-corrected chi connectivity index (χ0v) is 13.6. The number of nitrogens with zero attached hydrogens (tertiary/aromatic N) is 2. The molecule has 1 unspecified atom stereocenters. The molecule has 2 aromatic carbocycles. The molecule has 0 aliphatic carbocycles. The summed E-state index contributed by atoms with van der Waals surface area (Å²) in [5, 5.41) is 4.62. The molecular formula is C18H18ClN3O. The average Bonchev–Trinajstić information content (AvgIpc) is 2.59. The Bertz CT molecular complexity index is 780. The standard InChI is InChI=1S/C18H18ClN3O/c1-2-13(12-23-14-8-4-3-5-9-14)20-17-15-10-6-7-11-16(15)21-18(19)22-17/h3-11,13H,2,12H2,1H3,(H,20,21,22). The molecule has 0 amide bonds. The van der Waals surface area contributed by atoms with E-state index in [1.165, 1.54) is 0 Å². The molecule has 0 saturated heterocycles. The van der Waals surface area contributed by atoms with Crippen LogP contribution in [0.4, 0.5) is 5.82 Å². The Labute approximate surface area is 140 Å². The summed E-state index contributed by atoms with van der Waals surface area (Å²) in [6.07, 6.45) is 0.906. The number of rotatable bonds is 6. The van der Waals surface area contributed by atoms with Crippen LogP contribution in [-0.2, 0) is 0 Å². The minimum atomic E-state index is 0.129. The monoisotopic (exact) mass is 327 g/mol. The maximum absolute atomic E-state index is 6.03. The lowest BCUT2D eigenvalue weighted by atomic mass is 10.2. The summed E-state index contributed by atoms with van der Waals surface area (Å²) in [6.45, 7) is 2.66. The molecule has 0 spiro atoms. The summed E-state index contributed by atoms with van der Waals surface area (Å²) in [5.74, 6) is 1.60. The number of hydrogen-bond donors (Lipinski definition) is 1. The molecule has 3 rings (SSSR count). The van der Waals surface area contributed by atoms with Crippen LogP contribution < -0.4 is 10.1 Å². The van der Waals surface area contributed by atoms with E-state index < -0.39 is 0 Å². The fourth-order valence-corrected chi connectivity index (χ4v) is 2.50. The molecule has 1 heterocycles. The van der Waals surface area contributed by atoms with Crippen molar-refractivity contribution < 1.29 is 4.74 Å². The Hall–Kier alpha value is -2.33. The lowest BCUT2D eigenvalue weighted by Gasteiger charge is -2.19. The maximum atomic E-state index is 6.03. The van der Waals surface area contributed by atoms with Gasteiger partial charge in [-0.15, -0.1) is 0 Å². The molecule has 4 nitrogen and oxygen atoms in total. The highest BCUT2D eigenvalue weighted by Crippen LogP contribution is 2.23. The molecule has 1 atom stereocenters. The summed E-state index contributed by atoms with van der Waals surface area (Å²) >= 11 is 6.03. The largest absolute Gasteiger partial charge is 0.491 e. The van der Waals surface area contributed by atoms with Crippen molar-refractivity contribution >= 4 is 28.3 Å². The zero-order chi connectivity index (χ0) is 16.1. The van der Waals surface area contributed by atoms with Crippen molar-refractivity contribution in [1.82, 2.24) is 9.97 Å². The van der Waals surface area contributed by atoms with Crippen molar-refractivity contribution in [2.75, 3.05) is 11.9 Å². The van der Waals surface area contributed by atoms with E-state index in [9.17, 15) is 0 Å². The maximum Gasteiger partial charge on any atom is 0.224 e. The van der Waals surface area contributed by atoms with E-state index in [4.69, 9.17) is 16.3 Å². The first kappa shape index (κ1) is 15.6. The number of ether oxygens (including phenoxy) is 1. The lowest BCUT2D eigenvalue weighted by molar-refractivity contribution is 0.294. The minimum Gasteiger partial charge on any atom is -0.491 e. The van der Waals surface area contributed by atoms with Gasteiger partial charge in [0.05, 0.1) is 11.6 Å². The van der Waals surface area contributed by atoms with Gasteiger partial charge < -0.3 is 10.1 Å². The van der Waals surface area contributed by atoms with Crippen LogP contribution in [0.3, 0.4) is 0 Å². The third-order valence-corrected chi connectivity index (χ3v) is 3.77. The number of halogens is 1. The van der Waals surface area contributed by atoms with Gasteiger partial charge in [-0.3, -0.25) is 0 Å². The van der Waals surface area contributed by atoms with E-state index in [2.05, 4.69) is 22.2 Å². The summed E-state index contributed by atoms with van der Waals surface area (Å²) in [4.78, 5) is 8.58. The van der Waals surface area contributed by atoms with Gasteiger partial charge in [0.2, 0.25) is 5.28 Å². The zero-order valence-electron chi connectivity index (χ0n) is 12.9. The second kappa shape index (κ2) is 7.29. The van der Waals surface area contributed by atoms with Crippen LogP contribution >= 0.6 is 11.6 Å². The topological polar surface area (TPSA) is 47.0 Å². The first-order chi connectivity index (χ1) is 11.3. The van der Waals surface area contributed by atoms with E-state index in [-0.39, 0.29) is 11.3 Å². The van der Waals surface area contributed by atoms with Gasteiger partial charge >= 0.3 is 0 Å². The summed E-state index contributed by atoms with van der Waals surface area (Å²) in [5.41, 5.74) is 0.828. The van der Waals surface area contributed by atoms with E-state index in [1.807, 2.05) is 54.6 Å². The average molecular weight is 328 g/mol. The van der Waals surface area contributed by atoms with Crippen molar-refractivity contribution in [1.29, 1.82) is 0 Å². The van der Waals surface area contributed by atoms with Gasteiger partial charge in [-0.25, -0.2) is 9.97 Å². The molecule has 0 aliphatic rings. The fourth-order valence-electron chi connectivity index (χ4n) is 2.33. The smallest absolute Gasteiger partial charge is 0.224 e. The Balaban J connectivity index is 1.76. The van der Waals surface area contributed by atoms with E-state index in [0.29, 0.717) is 6.61 Å². The molecule has 118 valence electrons. The van der Waals surface area contributed by atoms with Crippen molar-refractivity contribution in [3.8, 4) is 5.75 Å². The highest BCUT2D eigenvalue weighted by molar-refractivity contribution is 6.28. The first-order valence-electron chi connectivity index (χ1n) is 7.63. The van der Waals surface area contributed by atoms with Gasteiger partial charge in [0, 0.05) is 5.39 Å². The highest BCUT2D eigenvalue weighted by Gasteiger charge is 2.12. The third kappa shape index (κ3) is 3.90. The number of anilines is 1. The van der Waals surface area contributed by atoms with E-state index in [0.717, 1.165) is 28.9 Å². The lowest BCUT2D eigenvalue weighted by Crippen LogP contribution is -2.27. The van der Waals surface area contributed by atoms with Crippen molar-refractivity contribution in [3.63, 3.8) is 0 Å². The predicted octanol–water partition coefficient (Wildman–Crippen LogP) is 4.55. The molecule has 0 radical (unpaired) electrons. The van der Waals surface area contributed by atoms with Gasteiger partial charge in [0.1, 0.15) is 18.2 Å². The Morgan fingerprint density at radius 1 is 1.04 bits per heavy atom. The predicted molar refractivity (Wildman–Crippen MR) is 94.2 cm³/mol. The molecule has 0 fully saturated rings. The highest BCUT2D eigenvalue weighted by atomic mass is 35.5.